The number of likely N-dealkylation sites (N-methyl/N-ethyl adjacent to an activating group) is 1. The number of guanidine groups is 1. The molecule has 0 spiro atoms. The number of anilines is 1. The normalized spacial score (nSPS) is 19.9. The molecule has 1 saturated carbocycles. The highest BCUT2D eigenvalue weighted by Crippen LogP contribution is 2.32. The van der Waals surface area contributed by atoms with E-state index in [9.17, 15) is 4.79 Å². The number of nitrogens with one attached hydrogen (secondary N) is 3. The van der Waals surface area contributed by atoms with Crippen molar-refractivity contribution in [2.75, 3.05) is 38.0 Å². The van der Waals surface area contributed by atoms with E-state index in [2.05, 4.69) is 40.8 Å². The minimum atomic E-state index is 0.0740. The van der Waals surface area contributed by atoms with Gasteiger partial charge in [0.15, 0.2) is 5.96 Å². The molecule has 1 aliphatic heterocycles. The molecule has 1 aromatic rings. The summed E-state index contributed by atoms with van der Waals surface area (Å²) < 4.78 is 0. The highest BCUT2D eigenvalue weighted by atomic mass is 16.1. The third-order valence-electron chi connectivity index (χ3n) is 5.08. The lowest BCUT2D eigenvalue weighted by Gasteiger charge is -2.25. The minimum Gasteiger partial charge on any atom is -0.357 e. The van der Waals surface area contributed by atoms with Gasteiger partial charge < -0.3 is 16.0 Å². The fraction of sp³-hybridized carbons (Fsp3) is 0.600. The largest absolute Gasteiger partial charge is 0.357 e. The van der Waals surface area contributed by atoms with Crippen LogP contribution in [0.15, 0.2) is 29.3 Å². The van der Waals surface area contributed by atoms with Crippen molar-refractivity contribution in [3.8, 4) is 0 Å². The maximum atomic E-state index is 12.0. The molecule has 0 bridgehead atoms. The Morgan fingerprint density at radius 2 is 2.08 bits per heavy atom. The SMILES string of the molecule is CCNC(=NCC1CC(=O)Nc2ccccc21)NCCN(CC)C1CC1. The fourth-order valence-corrected chi connectivity index (χ4v) is 3.56. The molecule has 6 heteroatoms. The van der Waals surface area contributed by atoms with E-state index in [1.165, 1.54) is 18.4 Å². The van der Waals surface area contributed by atoms with E-state index in [1.807, 2.05) is 18.2 Å². The molecule has 1 atom stereocenters. The number of rotatable bonds is 8. The molecule has 0 saturated heterocycles. The van der Waals surface area contributed by atoms with E-state index in [4.69, 9.17) is 4.99 Å². The van der Waals surface area contributed by atoms with Crippen molar-refractivity contribution in [1.82, 2.24) is 15.5 Å². The lowest BCUT2D eigenvalue weighted by atomic mass is 9.91. The van der Waals surface area contributed by atoms with Gasteiger partial charge in [0.05, 0.1) is 6.54 Å². The van der Waals surface area contributed by atoms with E-state index in [0.717, 1.165) is 43.9 Å². The minimum absolute atomic E-state index is 0.0740. The average molecular weight is 358 g/mol. The predicted octanol–water partition coefficient (Wildman–Crippen LogP) is 2.15. The van der Waals surface area contributed by atoms with Crippen LogP contribution in [-0.2, 0) is 4.79 Å². The van der Waals surface area contributed by atoms with Gasteiger partial charge in [0.1, 0.15) is 0 Å². The lowest BCUT2D eigenvalue weighted by Crippen LogP contribution is -2.42. The number of carbonyl (C=O) groups excluding carboxylic acids is 1. The molecule has 0 radical (unpaired) electrons. The molecule has 1 unspecified atom stereocenters. The average Bonchev–Trinajstić information content (AvgIpc) is 3.48. The van der Waals surface area contributed by atoms with Crippen molar-refractivity contribution in [3.63, 3.8) is 0 Å². The van der Waals surface area contributed by atoms with Crippen molar-refractivity contribution >= 4 is 17.6 Å². The van der Waals surface area contributed by atoms with Gasteiger partial charge in [-0.1, -0.05) is 25.1 Å². The number of amides is 1. The Bertz CT molecular complexity index is 641. The molecule has 1 aromatic carbocycles. The molecule has 26 heavy (non-hydrogen) atoms. The summed E-state index contributed by atoms with van der Waals surface area (Å²) in [7, 11) is 0. The Hall–Kier alpha value is -2.08. The third kappa shape index (κ3) is 4.97. The van der Waals surface area contributed by atoms with Crippen LogP contribution in [-0.4, -0.2) is 55.5 Å². The molecule has 3 N–H and O–H groups in total. The zero-order valence-corrected chi connectivity index (χ0v) is 15.9. The first-order valence-electron chi connectivity index (χ1n) is 9.86. The van der Waals surface area contributed by atoms with E-state index < -0.39 is 0 Å². The van der Waals surface area contributed by atoms with Gasteiger partial charge in [-0.2, -0.15) is 0 Å². The second-order valence-electron chi connectivity index (χ2n) is 7.04. The van der Waals surface area contributed by atoms with Crippen molar-refractivity contribution in [1.29, 1.82) is 0 Å². The van der Waals surface area contributed by atoms with Crippen LogP contribution in [0.1, 0.15) is 44.6 Å². The summed E-state index contributed by atoms with van der Waals surface area (Å²) in [6.07, 6.45) is 3.17. The number of hydrogen-bond acceptors (Lipinski definition) is 3. The van der Waals surface area contributed by atoms with Gasteiger partial charge in [-0.3, -0.25) is 14.7 Å². The summed E-state index contributed by atoms with van der Waals surface area (Å²) in [6.45, 7) is 8.77. The van der Waals surface area contributed by atoms with Gasteiger partial charge in [0, 0.05) is 43.7 Å². The number of para-hydroxylation sites is 1. The van der Waals surface area contributed by atoms with Crippen LogP contribution < -0.4 is 16.0 Å². The quantitative estimate of drug-likeness (QED) is 0.493. The third-order valence-corrected chi connectivity index (χ3v) is 5.08. The monoisotopic (exact) mass is 357 g/mol. The molecule has 1 aliphatic carbocycles. The first-order chi connectivity index (χ1) is 12.7. The number of carbonyl (C=O) groups is 1. The van der Waals surface area contributed by atoms with Crippen LogP contribution >= 0.6 is 0 Å². The van der Waals surface area contributed by atoms with E-state index in [-0.39, 0.29) is 11.8 Å². The standard InChI is InChI=1S/C20H31N5O/c1-3-21-20(22-11-12-25(4-2)16-9-10-16)23-14-15-13-19(26)24-18-8-6-5-7-17(15)18/h5-8,15-16H,3-4,9-14H2,1-2H3,(H,24,26)(H2,21,22,23). The Kier molecular flexibility index (Phi) is 6.50. The maximum absolute atomic E-state index is 12.0. The summed E-state index contributed by atoms with van der Waals surface area (Å²) >= 11 is 0. The molecular weight excluding hydrogens is 326 g/mol. The van der Waals surface area contributed by atoms with Gasteiger partial charge in [-0.15, -0.1) is 0 Å². The summed E-state index contributed by atoms with van der Waals surface area (Å²) in [6, 6.07) is 8.82. The van der Waals surface area contributed by atoms with Crippen LogP contribution in [0.5, 0.6) is 0 Å². The Morgan fingerprint density at radius 3 is 2.81 bits per heavy atom. The molecule has 1 amide bonds. The van der Waals surface area contributed by atoms with Crippen LogP contribution in [0.2, 0.25) is 0 Å². The van der Waals surface area contributed by atoms with Gasteiger partial charge in [0.2, 0.25) is 5.91 Å². The molecular formula is C20H31N5O. The number of fused-ring (bicyclic) bond motifs is 1. The van der Waals surface area contributed by atoms with E-state index in [1.54, 1.807) is 0 Å². The highest BCUT2D eigenvalue weighted by Gasteiger charge is 2.27. The molecule has 3 rings (SSSR count). The van der Waals surface area contributed by atoms with Gasteiger partial charge in [0.25, 0.3) is 0 Å². The zero-order chi connectivity index (χ0) is 18.4. The molecule has 1 heterocycles. The maximum Gasteiger partial charge on any atom is 0.225 e. The number of nitrogens with zero attached hydrogens (tertiary/aromatic N) is 2. The van der Waals surface area contributed by atoms with E-state index in [0.29, 0.717) is 13.0 Å². The predicted molar refractivity (Wildman–Crippen MR) is 107 cm³/mol. The Balaban J connectivity index is 1.57. The second-order valence-corrected chi connectivity index (χ2v) is 7.04. The fourth-order valence-electron chi connectivity index (χ4n) is 3.56. The topological polar surface area (TPSA) is 68.8 Å². The molecule has 142 valence electrons. The summed E-state index contributed by atoms with van der Waals surface area (Å²) in [5.74, 6) is 1.04. The smallest absolute Gasteiger partial charge is 0.225 e. The first-order valence-corrected chi connectivity index (χ1v) is 9.86. The lowest BCUT2D eigenvalue weighted by molar-refractivity contribution is -0.116. The number of hydrogen-bond donors (Lipinski definition) is 3. The van der Waals surface area contributed by atoms with Gasteiger partial charge in [-0.05, 0) is 37.9 Å². The van der Waals surface area contributed by atoms with Crippen LogP contribution in [0.25, 0.3) is 0 Å². The van der Waals surface area contributed by atoms with Crippen LogP contribution in [0, 0.1) is 0 Å². The molecule has 2 aliphatic rings. The molecule has 1 fully saturated rings. The van der Waals surface area contributed by atoms with E-state index >= 15 is 0 Å². The van der Waals surface area contributed by atoms with Crippen LogP contribution in [0.3, 0.4) is 0 Å². The second kappa shape index (κ2) is 9.03. The van der Waals surface area contributed by atoms with Gasteiger partial charge >= 0.3 is 0 Å². The first kappa shape index (κ1) is 18.7. The zero-order valence-electron chi connectivity index (χ0n) is 15.9. The number of benzene rings is 1. The highest BCUT2D eigenvalue weighted by molar-refractivity contribution is 5.94. The van der Waals surface area contributed by atoms with Crippen molar-refractivity contribution in [2.24, 2.45) is 4.99 Å². The Labute approximate surface area is 156 Å². The summed E-state index contributed by atoms with van der Waals surface area (Å²) in [4.78, 5) is 19.2. The van der Waals surface area contributed by atoms with Crippen molar-refractivity contribution < 1.29 is 4.79 Å². The molecule has 6 nitrogen and oxygen atoms in total. The van der Waals surface area contributed by atoms with Crippen LogP contribution in [0.4, 0.5) is 5.69 Å². The van der Waals surface area contributed by atoms with Crippen molar-refractivity contribution in [3.05, 3.63) is 29.8 Å². The van der Waals surface area contributed by atoms with Gasteiger partial charge in [-0.25, -0.2) is 0 Å². The summed E-state index contributed by atoms with van der Waals surface area (Å²) in [5.41, 5.74) is 2.10. The molecule has 0 aromatic heterocycles. The summed E-state index contributed by atoms with van der Waals surface area (Å²) in [5, 5.41) is 9.70. The number of aliphatic imine (C=N–C) groups is 1. The Morgan fingerprint density at radius 1 is 1.27 bits per heavy atom. The van der Waals surface area contributed by atoms with Crippen molar-refractivity contribution in [2.45, 2.75) is 45.1 Å².